The number of halogens is 2. The molecule has 0 radical (unpaired) electrons. The first-order chi connectivity index (χ1) is 13.8. The monoisotopic (exact) mass is 400 g/mol. The zero-order valence-corrected chi connectivity index (χ0v) is 15.8. The molecule has 0 spiro atoms. The number of aliphatic hydroxyl groups is 1. The van der Waals surface area contributed by atoms with Crippen LogP contribution in [-0.4, -0.2) is 34.9 Å². The number of piperidine rings is 1. The van der Waals surface area contributed by atoms with Gasteiger partial charge in [0.1, 0.15) is 0 Å². The van der Waals surface area contributed by atoms with Gasteiger partial charge in [0, 0.05) is 18.8 Å². The summed E-state index contributed by atoms with van der Waals surface area (Å²) >= 11 is 0. The largest absolute Gasteiger partial charge is 0.385 e. The van der Waals surface area contributed by atoms with E-state index in [4.69, 9.17) is 0 Å². The normalized spacial score (nSPS) is 15.6. The van der Waals surface area contributed by atoms with Gasteiger partial charge in [0.15, 0.2) is 11.6 Å². The lowest BCUT2D eigenvalue weighted by Crippen LogP contribution is -2.45. The van der Waals surface area contributed by atoms with Gasteiger partial charge >= 0.3 is 0 Å². The van der Waals surface area contributed by atoms with Crippen LogP contribution < -0.4 is 5.32 Å². The summed E-state index contributed by atoms with van der Waals surface area (Å²) in [6.07, 6.45) is 1.79. The van der Waals surface area contributed by atoms with Crippen molar-refractivity contribution in [3.63, 3.8) is 0 Å². The summed E-state index contributed by atoms with van der Waals surface area (Å²) in [6.45, 7) is 4.01. The fraction of sp³-hybridized carbons (Fsp3) is 0.273. The SMILES string of the molecule is C=CC(=O)Nc1cccc(CC(=O)N2CCC(O)(c3ccc(F)c(F)c3)CC2)c1. The van der Waals surface area contributed by atoms with Crippen LogP contribution in [-0.2, 0) is 21.6 Å². The van der Waals surface area contributed by atoms with Gasteiger partial charge in [-0.2, -0.15) is 0 Å². The van der Waals surface area contributed by atoms with Crippen molar-refractivity contribution < 1.29 is 23.5 Å². The van der Waals surface area contributed by atoms with E-state index in [1.807, 2.05) is 0 Å². The Hall–Kier alpha value is -3.06. The van der Waals surface area contributed by atoms with E-state index in [-0.39, 0.29) is 31.1 Å². The highest BCUT2D eigenvalue weighted by Crippen LogP contribution is 2.33. The Morgan fingerprint density at radius 2 is 1.86 bits per heavy atom. The van der Waals surface area contributed by atoms with Gasteiger partial charge in [-0.05, 0) is 54.3 Å². The number of hydrogen-bond acceptors (Lipinski definition) is 3. The van der Waals surface area contributed by atoms with Crippen LogP contribution in [0, 0.1) is 11.6 Å². The smallest absolute Gasteiger partial charge is 0.247 e. The first kappa shape index (κ1) is 20.7. The number of rotatable bonds is 5. The van der Waals surface area contributed by atoms with Crippen LogP contribution in [0.15, 0.2) is 55.1 Å². The van der Waals surface area contributed by atoms with Crippen LogP contribution in [0.3, 0.4) is 0 Å². The Morgan fingerprint density at radius 3 is 2.52 bits per heavy atom. The molecule has 152 valence electrons. The minimum atomic E-state index is -1.29. The van der Waals surface area contributed by atoms with Crippen molar-refractivity contribution in [2.24, 2.45) is 0 Å². The molecule has 1 aliphatic rings. The molecule has 0 saturated carbocycles. The van der Waals surface area contributed by atoms with Gasteiger partial charge in [-0.15, -0.1) is 0 Å². The first-order valence-electron chi connectivity index (χ1n) is 9.29. The fourth-order valence-electron chi connectivity index (χ4n) is 3.44. The molecule has 2 N–H and O–H groups in total. The predicted molar refractivity (Wildman–Crippen MR) is 105 cm³/mol. The maximum Gasteiger partial charge on any atom is 0.247 e. The van der Waals surface area contributed by atoms with Crippen molar-refractivity contribution in [2.45, 2.75) is 24.9 Å². The summed E-state index contributed by atoms with van der Waals surface area (Å²) in [7, 11) is 0. The average molecular weight is 400 g/mol. The van der Waals surface area contributed by atoms with Gasteiger partial charge in [-0.1, -0.05) is 24.8 Å². The standard InChI is InChI=1S/C22H22F2N2O3/c1-2-20(27)25-17-5-3-4-15(12-17)13-21(28)26-10-8-22(29,9-11-26)16-6-7-18(23)19(24)14-16/h2-7,12,14,29H,1,8-11,13H2,(H,25,27). The number of nitrogens with zero attached hydrogens (tertiary/aromatic N) is 1. The molecule has 0 unspecified atom stereocenters. The van der Waals surface area contributed by atoms with E-state index in [0.29, 0.717) is 24.3 Å². The Morgan fingerprint density at radius 1 is 1.14 bits per heavy atom. The zero-order valence-electron chi connectivity index (χ0n) is 15.8. The molecule has 3 rings (SSSR count). The molecule has 1 aliphatic heterocycles. The van der Waals surface area contributed by atoms with Crippen LogP contribution in [0.25, 0.3) is 0 Å². The van der Waals surface area contributed by atoms with Crippen molar-refractivity contribution >= 4 is 17.5 Å². The van der Waals surface area contributed by atoms with E-state index < -0.39 is 17.2 Å². The molecule has 1 saturated heterocycles. The Balaban J connectivity index is 1.61. The summed E-state index contributed by atoms with van der Waals surface area (Å²) in [6, 6.07) is 10.4. The molecule has 2 aromatic rings. The molecule has 1 fully saturated rings. The third-order valence-electron chi connectivity index (χ3n) is 5.14. The molecule has 0 atom stereocenters. The topological polar surface area (TPSA) is 69.6 Å². The quantitative estimate of drug-likeness (QED) is 0.758. The van der Waals surface area contributed by atoms with E-state index in [1.165, 1.54) is 12.1 Å². The molecular weight excluding hydrogens is 378 g/mol. The van der Waals surface area contributed by atoms with Gasteiger partial charge in [0.2, 0.25) is 11.8 Å². The molecule has 0 aliphatic carbocycles. The lowest BCUT2D eigenvalue weighted by Gasteiger charge is -2.38. The van der Waals surface area contributed by atoms with Gasteiger partial charge in [-0.3, -0.25) is 9.59 Å². The second-order valence-electron chi connectivity index (χ2n) is 7.11. The molecule has 0 aromatic heterocycles. The molecule has 0 bridgehead atoms. The third kappa shape index (κ3) is 4.86. The van der Waals surface area contributed by atoms with Crippen molar-refractivity contribution in [1.29, 1.82) is 0 Å². The third-order valence-corrected chi connectivity index (χ3v) is 5.14. The number of carbonyl (C=O) groups is 2. The van der Waals surface area contributed by atoms with Gasteiger partial charge < -0.3 is 15.3 Å². The summed E-state index contributed by atoms with van der Waals surface area (Å²) in [4.78, 5) is 25.7. The highest BCUT2D eigenvalue weighted by molar-refractivity contribution is 5.98. The van der Waals surface area contributed by atoms with Gasteiger partial charge in [-0.25, -0.2) is 8.78 Å². The second kappa shape index (κ2) is 8.53. The van der Waals surface area contributed by atoms with Crippen molar-refractivity contribution in [2.75, 3.05) is 18.4 Å². The second-order valence-corrected chi connectivity index (χ2v) is 7.11. The summed E-state index contributed by atoms with van der Waals surface area (Å²) < 4.78 is 26.7. The van der Waals surface area contributed by atoms with E-state index in [2.05, 4.69) is 11.9 Å². The van der Waals surface area contributed by atoms with E-state index in [1.54, 1.807) is 29.2 Å². The van der Waals surface area contributed by atoms with Crippen LogP contribution in [0.5, 0.6) is 0 Å². The number of amides is 2. The van der Waals surface area contributed by atoms with Crippen molar-refractivity contribution in [1.82, 2.24) is 4.90 Å². The van der Waals surface area contributed by atoms with Crippen LogP contribution in [0.1, 0.15) is 24.0 Å². The minimum Gasteiger partial charge on any atom is -0.385 e. The number of hydrogen-bond donors (Lipinski definition) is 2. The highest BCUT2D eigenvalue weighted by atomic mass is 19.2. The van der Waals surface area contributed by atoms with Gasteiger partial charge in [0.25, 0.3) is 0 Å². The molecule has 2 amide bonds. The van der Waals surface area contributed by atoms with Crippen LogP contribution in [0.2, 0.25) is 0 Å². The minimum absolute atomic E-state index is 0.107. The fourth-order valence-corrected chi connectivity index (χ4v) is 3.44. The summed E-state index contributed by atoms with van der Waals surface area (Å²) in [5, 5.41) is 13.5. The van der Waals surface area contributed by atoms with Crippen molar-refractivity contribution in [3.8, 4) is 0 Å². The molecule has 7 heteroatoms. The lowest BCUT2D eigenvalue weighted by atomic mass is 9.84. The number of anilines is 1. The number of nitrogens with one attached hydrogen (secondary N) is 1. The van der Waals surface area contributed by atoms with Crippen molar-refractivity contribution in [3.05, 3.63) is 77.9 Å². The van der Waals surface area contributed by atoms with E-state index >= 15 is 0 Å². The summed E-state index contributed by atoms with van der Waals surface area (Å²) in [5.74, 6) is -2.40. The van der Waals surface area contributed by atoms with E-state index in [0.717, 1.165) is 17.7 Å². The maximum atomic E-state index is 13.5. The molecule has 1 heterocycles. The maximum absolute atomic E-state index is 13.5. The number of likely N-dealkylation sites (tertiary alicyclic amines) is 1. The van der Waals surface area contributed by atoms with Crippen LogP contribution in [0.4, 0.5) is 14.5 Å². The van der Waals surface area contributed by atoms with E-state index in [9.17, 15) is 23.5 Å². The number of benzene rings is 2. The summed E-state index contributed by atoms with van der Waals surface area (Å²) in [5.41, 5.74) is 0.347. The molecule has 2 aromatic carbocycles. The van der Waals surface area contributed by atoms with Gasteiger partial charge in [0.05, 0.1) is 12.0 Å². The highest BCUT2D eigenvalue weighted by Gasteiger charge is 2.35. The molecule has 5 nitrogen and oxygen atoms in total. The first-order valence-corrected chi connectivity index (χ1v) is 9.29. The Kier molecular flexibility index (Phi) is 6.08. The lowest BCUT2D eigenvalue weighted by molar-refractivity contribution is -0.135. The average Bonchev–Trinajstić information content (AvgIpc) is 2.70. The Labute approximate surface area is 167 Å². The molecular formula is C22H22F2N2O3. The zero-order chi connectivity index (χ0) is 21.0. The van der Waals surface area contributed by atoms with Crippen LogP contribution >= 0.6 is 0 Å². The molecule has 29 heavy (non-hydrogen) atoms. The Bertz CT molecular complexity index is 937. The number of carbonyl (C=O) groups excluding carboxylic acids is 2. The predicted octanol–water partition coefficient (Wildman–Crippen LogP) is 3.14.